The minimum absolute atomic E-state index is 0.0122. The van der Waals surface area contributed by atoms with Crippen molar-refractivity contribution in [3.05, 3.63) is 12.2 Å². The van der Waals surface area contributed by atoms with E-state index in [4.69, 9.17) is 0 Å². The second-order valence-corrected chi connectivity index (χ2v) is 14.6. The molecule has 4 N–H and O–H groups in total. The fourth-order valence-corrected chi connectivity index (χ4v) is 6.76. The van der Waals surface area contributed by atoms with Gasteiger partial charge in [0.15, 0.2) is 11.6 Å². The molecule has 0 saturated carbocycles. The van der Waals surface area contributed by atoms with E-state index in [2.05, 4.69) is 20.7 Å². The normalized spacial score (nSPS) is 20.3. The number of allylic oxidation sites excluding steroid dienone is 1. The van der Waals surface area contributed by atoms with Crippen molar-refractivity contribution >= 4 is 47.0 Å². The number of carbonyl (C=O) groups is 8. The van der Waals surface area contributed by atoms with Gasteiger partial charge in [-0.1, -0.05) is 60.0 Å². The summed E-state index contributed by atoms with van der Waals surface area (Å²) in [7, 11) is 1.24. The second kappa shape index (κ2) is 22.2. The highest BCUT2D eigenvalue weighted by Crippen LogP contribution is 2.25. The lowest BCUT2D eigenvalue weighted by molar-refractivity contribution is -0.149. The van der Waals surface area contributed by atoms with Crippen molar-refractivity contribution in [3.8, 4) is 0 Å². The van der Waals surface area contributed by atoms with Gasteiger partial charge in [-0.05, 0) is 50.4 Å². The first-order valence-electron chi connectivity index (χ1n) is 18.8. The van der Waals surface area contributed by atoms with Crippen molar-refractivity contribution in [1.29, 1.82) is 0 Å². The molecule has 0 aliphatic carbocycles. The van der Waals surface area contributed by atoms with Crippen LogP contribution in [-0.2, 0) is 43.1 Å². The van der Waals surface area contributed by atoms with Crippen LogP contribution in [0, 0.1) is 23.7 Å². The first-order valence-corrected chi connectivity index (χ1v) is 18.8. The summed E-state index contributed by atoms with van der Waals surface area (Å²) in [6, 6.07) is -3.53. The largest absolute Gasteiger partial charge is 0.480 e. The standard InChI is InChI=1S/C38H60N4O10/c1-7-9-14-28(40-35(47)25(13-10-11-16-34(46)52-6)19-32(44)29-20-26(43)22-39-29)33(45)21-27(24(5)8-2)36(48)41-30(18-23(3)4)37(49)42-17-12-15-31(42)38(50)51/h11,16,23-25,27-31,39H,7-10,12-15,17-22H2,1-6H3,(H,40,47)(H,41,48)(H,50,51)/b16-11+/t24?,25-,27+,28+,29+,30+,31+/m1/s1. The molecular formula is C38H60N4O10. The van der Waals surface area contributed by atoms with Gasteiger partial charge < -0.3 is 30.7 Å². The molecule has 0 aromatic heterocycles. The minimum atomic E-state index is -1.08. The SMILES string of the molecule is CCCC[C@H](NC(=O)[C@H](CC/C=C/C(=O)OC)CC(=O)[C@@H]1CC(=O)CN1)C(=O)C[C@H](C(=O)N[C@@H](CC(C)C)C(=O)N1CCC[C@H]1C(=O)O)C(C)CC. The molecule has 292 valence electrons. The number of ether oxygens (including phenoxy) is 1. The number of carboxylic acid groups (broad SMARTS) is 1. The Hall–Kier alpha value is -3.94. The molecule has 52 heavy (non-hydrogen) atoms. The Labute approximate surface area is 307 Å². The summed E-state index contributed by atoms with van der Waals surface area (Å²) in [6.45, 7) is 9.88. The quantitative estimate of drug-likeness (QED) is 0.0888. The summed E-state index contributed by atoms with van der Waals surface area (Å²) in [4.78, 5) is 105. The van der Waals surface area contributed by atoms with Crippen molar-refractivity contribution in [3.63, 3.8) is 0 Å². The third kappa shape index (κ3) is 13.9. The Kier molecular flexibility index (Phi) is 18.9. The zero-order valence-corrected chi connectivity index (χ0v) is 31.7. The summed E-state index contributed by atoms with van der Waals surface area (Å²) >= 11 is 0. The van der Waals surface area contributed by atoms with Crippen LogP contribution in [0.1, 0.15) is 112 Å². The zero-order valence-electron chi connectivity index (χ0n) is 31.7. The average molecular weight is 733 g/mol. The van der Waals surface area contributed by atoms with Gasteiger partial charge in [-0.3, -0.25) is 28.8 Å². The number of esters is 1. The first-order chi connectivity index (χ1) is 24.6. The van der Waals surface area contributed by atoms with E-state index in [1.54, 1.807) is 6.08 Å². The summed E-state index contributed by atoms with van der Waals surface area (Å²) in [5, 5.41) is 18.3. The Bertz CT molecular complexity index is 1310. The van der Waals surface area contributed by atoms with Gasteiger partial charge >= 0.3 is 11.9 Å². The van der Waals surface area contributed by atoms with Gasteiger partial charge in [-0.15, -0.1) is 0 Å². The summed E-state index contributed by atoms with van der Waals surface area (Å²) in [6.07, 6.45) is 6.37. The highest BCUT2D eigenvalue weighted by Gasteiger charge is 2.40. The molecule has 1 unspecified atom stereocenters. The number of nitrogens with one attached hydrogen (secondary N) is 3. The molecule has 2 fully saturated rings. The van der Waals surface area contributed by atoms with E-state index in [1.165, 1.54) is 18.1 Å². The number of hydrogen-bond donors (Lipinski definition) is 4. The van der Waals surface area contributed by atoms with Crippen LogP contribution in [0.4, 0.5) is 0 Å². The van der Waals surface area contributed by atoms with Crippen molar-refractivity contribution in [2.45, 2.75) is 136 Å². The van der Waals surface area contributed by atoms with E-state index in [0.29, 0.717) is 38.5 Å². The van der Waals surface area contributed by atoms with E-state index >= 15 is 0 Å². The van der Waals surface area contributed by atoms with E-state index in [-0.39, 0.29) is 74.4 Å². The van der Waals surface area contributed by atoms with Gasteiger partial charge in [0, 0.05) is 43.7 Å². The summed E-state index contributed by atoms with van der Waals surface area (Å²) in [5.41, 5.74) is 0. The van der Waals surface area contributed by atoms with Crippen molar-refractivity contribution < 1.29 is 48.2 Å². The number of rotatable bonds is 23. The van der Waals surface area contributed by atoms with E-state index in [0.717, 1.165) is 6.42 Å². The van der Waals surface area contributed by atoms with E-state index < -0.39 is 65.7 Å². The number of Topliss-reactive ketones (excluding diaryl/α,β-unsaturated/α-hetero) is 3. The minimum Gasteiger partial charge on any atom is -0.480 e. The molecule has 0 spiro atoms. The van der Waals surface area contributed by atoms with Gasteiger partial charge in [0.1, 0.15) is 17.9 Å². The molecule has 14 nitrogen and oxygen atoms in total. The number of amides is 3. The molecule has 2 aliphatic rings. The highest BCUT2D eigenvalue weighted by atomic mass is 16.5. The molecule has 2 heterocycles. The van der Waals surface area contributed by atoms with Crippen LogP contribution < -0.4 is 16.0 Å². The molecule has 0 aromatic carbocycles. The average Bonchev–Trinajstić information content (AvgIpc) is 3.78. The lowest BCUT2D eigenvalue weighted by atomic mass is 9.84. The molecule has 7 atom stereocenters. The van der Waals surface area contributed by atoms with Crippen molar-refractivity contribution in [2.24, 2.45) is 23.7 Å². The van der Waals surface area contributed by atoms with Crippen LogP contribution in [0.15, 0.2) is 12.2 Å². The Morgan fingerprint density at radius 2 is 1.69 bits per heavy atom. The molecule has 2 saturated heterocycles. The maximum atomic E-state index is 14.0. The van der Waals surface area contributed by atoms with Crippen LogP contribution in [0.25, 0.3) is 0 Å². The molecule has 0 radical (unpaired) electrons. The lowest BCUT2D eigenvalue weighted by Gasteiger charge is -2.31. The van der Waals surface area contributed by atoms with Gasteiger partial charge in [0.05, 0.1) is 25.7 Å². The maximum Gasteiger partial charge on any atom is 0.330 e. The van der Waals surface area contributed by atoms with Crippen LogP contribution in [0.5, 0.6) is 0 Å². The fourth-order valence-electron chi connectivity index (χ4n) is 6.76. The molecule has 2 rings (SSSR count). The number of likely N-dealkylation sites (tertiary alicyclic amines) is 1. The Balaban J connectivity index is 2.27. The number of ketones is 3. The number of carbonyl (C=O) groups excluding carboxylic acids is 7. The second-order valence-electron chi connectivity index (χ2n) is 14.6. The molecule has 0 bridgehead atoms. The molecule has 3 amide bonds. The number of methoxy groups -OCH3 is 1. The van der Waals surface area contributed by atoms with Crippen molar-refractivity contribution in [2.75, 3.05) is 20.2 Å². The highest BCUT2D eigenvalue weighted by molar-refractivity contribution is 5.98. The van der Waals surface area contributed by atoms with E-state index in [1.807, 2.05) is 34.6 Å². The van der Waals surface area contributed by atoms with Crippen LogP contribution >= 0.6 is 0 Å². The first kappa shape index (κ1) is 44.2. The van der Waals surface area contributed by atoms with Crippen molar-refractivity contribution in [1.82, 2.24) is 20.9 Å². The predicted octanol–water partition coefficient (Wildman–Crippen LogP) is 2.91. The molecule has 2 aliphatic heterocycles. The molecule has 0 aromatic rings. The summed E-state index contributed by atoms with van der Waals surface area (Å²) in [5.74, 6) is -5.72. The van der Waals surface area contributed by atoms with Gasteiger partial charge in [0.2, 0.25) is 17.7 Å². The third-order valence-corrected chi connectivity index (χ3v) is 10.1. The summed E-state index contributed by atoms with van der Waals surface area (Å²) < 4.78 is 4.62. The number of carboxylic acids is 1. The monoisotopic (exact) mass is 732 g/mol. The zero-order chi connectivity index (χ0) is 39.0. The van der Waals surface area contributed by atoms with Gasteiger partial charge in [0.25, 0.3) is 0 Å². The van der Waals surface area contributed by atoms with E-state index in [9.17, 15) is 43.5 Å². The third-order valence-electron chi connectivity index (χ3n) is 10.1. The fraction of sp³-hybridized carbons (Fsp3) is 0.737. The van der Waals surface area contributed by atoms with Crippen LogP contribution in [0.3, 0.4) is 0 Å². The number of unbranched alkanes of at least 4 members (excludes halogenated alkanes) is 1. The molecule has 14 heteroatoms. The lowest BCUT2D eigenvalue weighted by Crippen LogP contribution is -2.54. The number of hydrogen-bond acceptors (Lipinski definition) is 10. The van der Waals surface area contributed by atoms with Gasteiger partial charge in [-0.2, -0.15) is 0 Å². The maximum absolute atomic E-state index is 14.0. The smallest absolute Gasteiger partial charge is 0.330 e. The number of aliphatic carboxylic acids is 1. The Morgan fingerprint density at radius 3 is 2.27 bits per heavy atom. The predicted molar refractivity (Wildman–Crippen MR) is 193 cm³/mol. The molecular weight excluding hydrogens is 672 g/mol. The van der Waals surface area contributed by atoms with Crippen LogP contribution in [-0.4, -0.2) is 101 Å². The van der Waals surface area contributed by atoms with Crippen LogP contribution in [0.2, 0.25) is 0 Å². The Morgan fingerprint density at radius 1 is 1.00 bits per heavy atom. The topological polar surface area (TPSA) is 205 Å². The number of nitrogens with zero attached hydrogens (tertiary/aromatic N) is 1. The van der Waals surface area contributed by atoms with Gasteiger partial charge in [-0.25, -0.2) is 9.59 Å².